The predicted octanol–water partition coefficient (Wildman–Crippen LogP) is 1.45. The van der Waals surface area contributed by atoms with Gasteiger partial charge in [-0.15, -0.1) is 0 Å². The van der Waals surface area contributed by atoms with E-state index in [-0.39, 0.29) is 5.91 Å². The van der Waals surface area contributed by atoms with Crippen molar-refractivity contribution < 1.29 is 4.79 Å². The summed E-state index contributed by atoms with van der Waals surface area (Å²) < 4.78 is 0. The maximum Gasteiger partial charge on any atom is 0.253 e. The van der Waals surface area contributed by atoms with Gasteiger partial charge in [0.1, 0.15) is 0 Å². The number of hydrogen-bond acceptors (Lipinski definition) is 4. The molecule has 20 heavy (non-hydrogen) atoms. The summed E-state index contributed by atoms with van der Waals surface area (Å²) in [5.74, 6) is 0.0810. The van der Waals surface area contributed by atoms with E-state index in [0.717, 1.165) is 37.0 Å². The quantitative estimate of drug-likeness (QED) is 0.897. The van der Waals surface area contributed by atoms with Gasteiger partial charge in [0.25, 0.3) is 5.91 Å². The van der Waals surface area contributed by atoms with Gasteiger partial charge in [-0.3, -0.25) is 14.8 Å². The molecule has 1 aromatic heterocycles. The van der Waals surface area contributed by atoms with Gasteiger partial charge in [0, 0.05) is 37.1 Å². The number of carbonyl (C=O) groups is 1. The summed E-state index contributed by atoms with van der Waals surface area (Å²) in [6.45, 7) is 1.60. The highest BCUT2D eigenvalue weighted by Crippen LogP contribution is 2.16. The van der Waals surface area contributed by atoms with E-state index in [1.165, 1.54) is 0 Å². The van der Waals surface area contributed by atoms with Crippen LogP contribution in [0.1, 0.15) is 23.2 Å². The SMILES string of the molecule is CNC1CCCN(C(=O)c2ccc3nccnc3c2)C1. The van der Waals surface area contributed by atoms with Gasteiger partial charge >= 0.3 is 0 Å². The smallest absolute Gasteiger partial charge is 0.253 e. The Bertz CT molecular complexity index is 628. The molecular formula is C15H18N4O. The molecule has 5 heteroatoms. The number of piperidine rings is 1. The molecule has 1 saturated heterocycles. The molecule has 0 bridgehead atoms. The molecule has 1 aromatic carbocycles. The number of amides is 1. The van der Waals surface area contributed by atoms with Gasteiger partial charge < -0.3 is 10.2 Å². The highest BCUT2D eigenvalue weighted by Gasteiger charge is 2.23. The molecule has 1 N–H and O–H groups in total. The number of likely N-dealkylation sites (tertiary alicyclic amines) is 1. The third-order valence-corrected chi connectivity index (χ3v) is 3.83. The highest BCUT2D eigenvalue weighted by molar-refractivity contribution is 5.97. The first-order valence-corrected chi connectivity index (χ1v) is 6.95. The lowest BCUT2D eigenvalue weighted by molar-refractivity contribution is 0.0698. The molecule has 0 spiro atoms. The Morgan fingerprint density at radius 2 is 2.10 bits per heavy atom. The fourth-order valence-electron chi connectivity index (χ4n) is 2.68. The zero-order chi connectivity index (χ0) is 13.9. The van der Waals surface area contributed by atoms with Crippen LogP contribution in [0.3, 0.4) is 0 Å². The fraction of sp³-hybridized carbons (Fsp3) is 0.400. The van der Waals surface area contributed by atoms with Crippen LogP contribution in [0.25, 0.3) is 11.0 Å². The average molecular weight is 270 g/mol. The van der Waals surface area contributed by atoms with Crippen LogP contribution in [0.5, 0.6) is 0 Å². The van der Waals surface area contributed by atoms with Gasteiger partial charge in [-0.05, 0) is 38.1 Å². The molecule has 1 aliphatic rings. The van der Waals surface area contributed by atoms with Crippen molar-refractivity contribution in [1.29, 1.82) is 0 Å². The van der Waals surface area contributed by atoms with E-state index in [0.29, 0.717) is 11.6 Å². The first-order chi connectivity index (χ1) is 9.78. The second-order valence-electron chi connectivity index (χ2n) is 5.14. The third kappa shape index (κ3) is 2.49. The summed E-state index contributed by atoms with van der Waals surface area (Å²) in [5.41, 5.74) is 2.27. The van der Waals surface area contributed by atoms with E-state index < -0.39 is 0 Å². The molecular weight excluding hydrogens is 252 g/mol. The van der Waals surface area contributed by atoms with Gasteiger partial charge in [0.15, 0.2) is 0 Å². The molecule has 0 saturated carbocycles. The Balaban J connectivity index is 1.84. The number of aromatic nitrogens is 2. The summed E-state index contributed by atoms with van der Waals surface area (Å²) in [6.07, 6.45) is 5.48. The lowest BCUT2D eigenvalue weighted by atomic mass is 10.0. The lowest BCUT2D eigenvalue weighted by Gasteiger charge is -2.32. The molecule has 0 radical (unpaired) electrons. The van der Waals surface area contributed by atoms with E-state index in [4.69, 9.17) is 0 Å². The number of fused-ring (bicyclic) bond motifs is 1. The van der Waals surface area contributed by atoms with Gasteiger partial charge in [-0.1, -0.05) is 0 Å². The molecule has 104 valence electrons. The van der Waals surface area contributed by atoms with E-state index >= 15 is 0 Å². The normalized spacial score (nSPS) is 19.2. The maximum absolute atomic E-state index is 12.6. The number of hydrogen-bond donors (Lipinski definition) is 1. The molecule has 2 heterocycles. The van der Waals surface area contributed by atoms with Gasteiger partial charge in [-0.25, -0.2) is 0 Å². The van der Waals surface area contributed by atoms with Crippen molar-refractivity contribution in [3.8, 4) is 0 Å². The molecule has 2 aromatic rings. The zero-order valence-corrected chi connectivity index (χ0v) is 11.5. The van der Waals surface area contributed by atoms with Crippen LogP contribution in [-0.2, 0) is 0 Å². The number of benzene rings is 1. The monoisotopic (exact) mass is 270 g/mol. The number of nitrogens with zero attached hydrogens (tertiary/aromatic N) is 3. The minimum Gasteiger partial charge on any atom is -0.337 e. The van der Waals surface area contributed by atoms with Crippen LogP contribution in [0.2, 0.25) is 0 Å². The Morgan fingerprint density at radius 3 is 2.90 bits per heavy atom. The first kappa shape index (κ1) is 13.0. The topological polar surface area (TPSA) is 58.1 Å². The van der Waals surface area contributed by atoms with Crippen molar-refractivity contribution in [3.05, 3.63) is 36.2 Å². The Kier molecular flexibility index (Phi) is 3.60. The van der Waals surface area contributed by atoms with Crippen LogP contribution in [0, 0.1) is 0 Å². The summed E-state index contributed by atoms with van der Waals surface area (Å²) in [6, 6.07) is 5.92. The zero-order valence-electron chi connectivity index (χ0n) is 11.5. The lowest BCUT2D eigenvalue weighted by Crippen LogP contribution is -2.46. The van der Waals surface area contributed by atoms with Crippen molar-refractivity contribution >= 4 is 16.9 Å². The molecule has 5 nitrogen and oxygen atoms in total. The number of carbonyl (C=O) groups excluding carboxylic acids is 1. The first-order valence-electron chi connectivity index (χ1n) is 6.95. The number of likely N-dealkylation sites (N-methyl/N-ethyl adjacent to an activating group) is 1. The van der Waals surface area contributed by atoms with Gasteiger partial charge in [0.05, 0.1) is 11.0 Å². The number of rotatable bonds is 2. The van der Waals surface area contributed by atoms with E-state index in [9.17, 15) is 4.79 Å². The minimum absolute atomic E-state index is 0.0810. The Labute approximate surface area is 118 Å². The molecule has 3 rings (SSSR count). The van der Waals surface area contributed by atoms with Crippen molar-refractivity contribution in [2.45, 2.75) is 18.9 Å². The van der Waals surface area contributed by atoms with Crippen molar-refractivity contribution in [2.24, 2.45) is 0 Å². The fourth-order valence-corrected chi connectivity index (χ4v) is 2.68. The summed E-state index contributed by atoms with van der Waals surface area (Å²) >= 11 is 0. The highest BCUT2D eigenvalue weighted by atomic mass is 16.2. The van der Waals surface area contributed by atoms with Crippen LogP contribution >= 0.6 is 0 Å². The number of nitrogens with one attached hydrogen (secondary N) is 1. The Morgan fingerprint density at radius 1 is 1.30 bits per heavy atom. The molecule has 1 fully saturated rings. The Hall–Kier alpha value is -2.01. The molecule has 0 aliphatic carbocycles. The van der Waals surface area contributed by atoms with E-state index in [1.54, 1.807) is 12.4 Å². The molecule has 1 unspecified atom stereocenters. The van der Waals surface area contributed by atoms with Crippen molar-refractivity contribution in [1.82, 2.24) is 20.2 Å². The molecule has 1 aliphatic heterocycles. The molecule has 1 atom stereocenters. The predicted molar refractivity (Wildman–Crippen MR) is 77.5 cm³/mol. The third-order valence-electron chi connectivity index (χ3n) is 3.83. The van der Waals surface area contributed by atoms with Crippen LogP contribution < -0.4 is 5.32 Å². The van der Waals surface area contributed by atoms with Gasteiger partial charge in [0.2, 0.25) is 0 Å². The largest absolute Gasteiger partial charge is 0.337 e. The standard InChI is InChI=1S/C15H18N4O/c1-16-12-3-2-8-19(10-12)15(20)11-4-5-13-14(9-11)18-7-6-17-13/h4-7,9,12,16H,2-3,8,10H2,1H3. The van der Waals surface area contributed by atoms with Gasteiger partial charge in [-0.2, -0.15) is 0 Å². The summed E-state index contributed by atoms with van der Waals surface area (Å²) in [7, 11) is 1.95. The van der Waals surface area contributed by atoms with Crippen molar-refractivity contribution in [3.63, 3.8) is 0 Å². The minimum atomic E-state index is 0.0810. The summed E-state index contributed by atoms with van der Waals surface area (Å²) in [4.78, 5) is 23.0. The molecule has 1 amide bonds. The van der Waals surface area contributed by atoms with Crippen LogP contribution in [0.4, 0.5) is 0 Å². The maximum atomic E-state index is 12.6. The van der Waals surface area contributed by atoms with Crippen molar-refractivity contribution in [2.75, 3.05) is 20.1 Å². The van der Waals surface area contributed by atoms with E-state index in [1.807, 2.05) is 30.1 Å². The second kappa shape index (κ2) is 5.54. The van der Waals surface area contributed by atoms with E-state index in [2.05, 4.69) is 15.3 Å². The summed E-state index contributed by atoms with van der Waals surface area (Å²) in [5, 5.41) is 3.25. The van der Waals surface area contributed by atoms with Crippen LogP contribution in [0.15, 0.2) is 30.6 Å². The van der Waals surface area contributed by atoms with Crippen LogP contribution in [-0.4, -0.2) is 47.0 Å². The second-order valence-corrected chi connectivity index (χ2v) is 5.14. The average Bonchev–Trinajstić information content (AvgIpc) is 2.53.